The number of aryl methyl sites for hydroxylation is 1. The minimum Gasteiger partial charge on any atom is -0.486 e. The number of hydrogen-bond donors (Lipinski definition) is 2. The topological polar surface area (TPSA) is 99.9 Å². The highest BCUT2D eigenvalue weighted by Crippen LogP contribution is 2.30. The molecule has 0 aromatic heterocycles. The van der Waals surface area contributed by atoms with Gasteiger partial charge in [-0.25, -0.2) is 0 Å². The summed E-state index contributed by atoms with van der Waals surface area (Å²) in [6, 6.07) is 12.4. The molecule has 0 radical (unpaired) electrons. The summed E-state index contributed by atoms with van der Waals surface area (Å²) < 4.78 is 16.8. The highest BCUT2D eigenvalue weighted by atomic mass is 16.6. The number of nitrogens with one attached hydrogen (secondary N) is 1. The largest absolute Gasteiger partial charge is 0.486 e. The van der Waals surface area contributed by atoms with Crippen LogP contribution in [0.5, 0.6) is 17.2 Å². The summed E-state index contributed by atoms with van der Waals surface area (Å²) in [5, 5.41) is 2.73. The highest BCUT2D eigenvalue weighted by molar-refractivity contribution is 5.95. The molecule has 0 saturated heterocycles. The van der Waals surface area contributed by atoms with E-state index in [2.05, 4.69) is 5.32 Å². The summed E-state index contributed by atoms with van der Waals surface area (Å²) >= 11 is 0. The molecule has 1 aliphatic rings. The molecular formula is C19H20N2O5. The van der Waals surface area contributed by atoms with Crippen LogP contribution in [0.4, 0.5) is 0 Å². The Labute approximate surface area is 151 Å². The zero-order chi connectivity index (χ0) is 18.5. The first-order chi connectivity index (χ1) is 12.5. The first-order valence-corrected chi connectivity index (χ1v) is 8.21. The van der Waals surface area contributed by atoms with Crippen LogP contribution < -0.4 is 25.3 Å². The molecule has 2 aromatic carbocycles. The molecule has 26 heavy (non-hydrogen) atoms. The van der Waals surface area contributed by atoms with E-state index in [9.17, 15) is 9.59 Å². The summed E-state index contributed by atoms with van der Waals surface area (Å²) in [4.78, 5) is 23.4. The summed E-state index contributed by atoms with van der Waals surface area (Å²) in [6.45, 7) is 2.26. The van der Waals surface area contributed by atoms with Gasteiger partial charge in [-0.1, -0.05) is 18.2 Å². The van der Waals surface area contributed by atoms with Crippen molar-refractivity contribution >= 4 is 11.8 Å². The first-order valence-electron chi connectivity index (χ1n) is 8.21. The smallest absolute Gasteiger partial charge is 0.258 e. The van der Waals surface area contributed by atoms with Crippen molar-refractivity contribution in [1.82, 2.24) is 5.32 Å². The van der Waals surface area contributed by atoms with E-state index < -0.39 is 5.91 Å². The van der Waals surface area contributed by atoms with Gasteiger partial charge >= 0.3 is 0 Å². The number of para-hydroxylation sites is 2. The Morgan fingerprint density at radius 1 is 1.23 bits per heavy atom. The number of carbonyl (C=O) groups excluding carboxylic acids is 2. The van der Waals surface area contributed by atoms with Crippen molar-refractivity contribution in [2.75, 3.05) is 19.8 Å². The van der Waals surface area contributed by atoms with Crippen molar-refractivity contribution in [1.29, 1.82) is 0 Å². The van der Waals surface area contributed by atoms with Gasteiger partial charge in [-0.15, -0.1) is 0 Å². The van der Waals surface area contributed by atoms with E-state index in [0.29, 0.717) is 23.9 Å². The van der Waals surface area contributed by atoms with Gasteiger partial charge < -0.3 is 25.3 Å². The molecule has 0 bridgehead atoms. The molecule has 0 fully saturated rings. The van der Waals surface area contributed by atoms with Crippen molar-refractivity contribution in [2.24, 2.45) is 5.73 Å². The Kier molecular flexibility index (Phi) is 5.26. The predicted octanol–water partition coefficient (Wildman–Crippen LogP) is 1.43. The normalized spacial score (nSPS) is 15.2. The summed E-state index contributed by atoms with van der Waals surface area (Å²) in [5.74, 6) is 0.701. The lowest BCUT2D eigenvalue weighted by Gasteiger charge is -2.26. The second-order valence-corrected chi connectivity index (χ2v) is 5.95. The maximum Gasteiger partial charge on any atom is 0.258 e. The number of fused-ring (bicyclic) bond motifs is 1. The number of hydrogen-bond acceptors (Lipinski definition) is 5. The van der Waals surface area contributed by atoms with E-state index in [0.717, 1.165) is 5.56 Å². The Hall–Kier alpha value is -3.22. The average molecular weight is 356 g/mol. The van der Waals surface area contributed by atoms with Crippen LogP contribution >= 0.6 is 0 Å². The Bertz CT molecular complexity index is 821. The number of ether oxygens (including phenoxy) is 3. The maximum atomic E-state index is 12.0. The van der Waals surface area contributed by atoms with Gasteiger partial charge in [0.05, 0.1) is 12.1 Å². The predicted molar refractivity (Wildman–Crippen MR) is 94.6 cm³/mol. The van der Waals surface area contributed by atoms with Gasteiger partial charge in [0.1, 0.15) is 18.5 Å². The SMILES string of the molecule is Cc1ccc(C(N)=O)c(OCC(=O)NCC2COc3ccccc3O2)c1. The number of nitrogens with two attached hydrogens (primary N) is 1. The molecule has 1 heterocycles. The van der Waals surface area contributed by atoms with Gasteiger partial charge in [0, 0.05) is 0 Å². The molecular weight excluding hydrogens is 336 g/mol. The van der Waals surface area contributed by atoms with Crippen molar-refractivity contribution in [3.63, 3.8) is 0 Å². The van der Waals surface area contributed by atoms with E-state index in [1.165, 1.54) is 0 Å². The van der Waals surface area contributed by atoms with E-state index in [1.54, 1.807) is 18.2 Å². The molecule has 0 spiro atoms. The minimum atomic E-state index is -0.605. The monoisotopic (exact) mass is 356 g/mol. The molecule has 1 aliphatic heterocycles. The molecule has 136 valence electrons. The van der Waals surface area contributed by atoms with Crippen LogP contribution in [0.2, 0.25) is 0 Å². The van der Waals surface area contributed by atoms with Gasteiger partial charge in [0.15, 0.2) is 18.1 Å². The second-order valence-electron chi connectivity index (χ2n) is 5.95. The van der Waals surface area contributed by atoms with Crippen molar-refractivity contribution in [2.45, 2.75) is 13.0 Å². The summed E-state index contributed by atoms with van der Waals surface area (Å²) in [6.07, 6.45) is -0.283. The van der Waals surface area contributed by atoms with Crippen LogP contribution in [0.1, 0.15) is 15.9 Å². The van der Waals surface area contributed by atoms with E-state index in [1.807, 2.05) is 31.2 Å². The fourth-order valence-corrected chi connectivity index (χ4v) is 2.54. The van der Waals surface area contributed by atoms with Crippen molar-refractivity contribution in [3.05, 3.63) is 53.6 Å². The Balaban J connectivity index is 1.50. The van der Waals surface area contributed by atoms with E-state index in [-0.39, 0.29) is 30.7 Å². The van der Waals surface area contributed by atoms with Gasteiger partial charge in [0.2, 0.25) is 0 Å². The molecule has 1 unspecified atom stereocenters. The summed E-state index contributed by atoms with van der Waals surface area (Å²) in [7, 11) is 0. The molecule has 2 aromatic rings. The molecule has 0 saturated carbocycles. The maximum absolute atomic E-state index is 12.0. The molecule has 2 amide bonds. The second kappa shape index (κ2) is 7.77. The van der Waals surface area contributed by atoms with E-state index in [4.69, 9.17) is 19.9 Å². The van der Waals surface area contributed by atoms with Crippen LogP contribution in [0.25, 0.3) is 0 Å². The van der Waals surface area contributed by atoms with Crippen LogP contribution in [0.15, 0.2) is 42.5 Å². The Morgan fingerprint density at radius 2 is 2.00 bits per heavy atom. The zero-order valence-electron chi connectivity index (χ0n) is 14.4. The molecule has 3 N–H and O–H groups in total. The van der Waals surface area contributed by atoms with E-state index >= 15 is 0 Å². The number of carbonyl (C=O) groups is 2. The zero-order valence-corrected chi connectivity index (χ0v) is 14.4. The van der Waals surface area contributed by atoms with Gasteiger partial charge in [-0.05, 0) is 36.8 Å². The van der Waals surface area contributed by atoms with Crippen molar-refractivity contribution in [3.8, 4) is 17.2 Å². The first kappa shape index (κ1) is 17.6. The number of benzene rings is 2. The Morgan fingerprint density at radius 3 is 2.77 bits per heavy atom. The third kappa shape index (κ3) is 4.24. The molecule has 1 atom stereocenters. The van der Waals surface area contributed by atoms with Crippen LogP contribution in [-0.4, -0.2) is 37.7 Å². The van der Waals surface area contributed by atoms with Gasteiger partial charge in [0.25, 0.3) is 11.8 Å². The van der Waals surface area contributed by atoms with Gasteiger partial charge in [-0.3, -0.25) is 9.59 Å². The van der Waals surface area contributed by atoms with Crippen molar-refractivity contribution < 1.29 is 23.8 Å². The average Bonchev–Trinajstić information content (AvgIpc) is 2.64. The third-order valence-corrected chi connectivity index (χ3v) is 3.86. The fourth-order valence-electron chi connectivity index (χ4n) is 2.54. The molecule has 3 rings (SSSR count). The molecule has 0 aliphatic carbocycles. The standard InChI is InChI=1S/C19H20N2O5/c1-12-6-7-14(19(20)23)17(8-12)25-11-18(22)21-9-13-10-24-15-4-2-3-5-16(15)26-13/h2-8,13H,9-11H2,1H3,(H2,20,23)(H,21,22). The van der Waals surface area contributed by atoms with Crippen LogP contribution in [0.3, 0.4) is 0 Å². The molecule has 7 heteroatoms. The minimum absolute atomic E-state index is 0.228. The van der Waals surface area contributed by atoms with Crippen LogP contribution in [-0.2, 0) is 4.79 Å². The van der Waals surface area contributed by atoms with Gasteiger partial charge in [-0.2, -0.15) is 0 Å². The number of primary amides is 1. The lowest BCUT2D eigenvalue weighted by molar-refractivity contribution is -0.123. The quantitative estimate of drug-likeness (QED) is 0.816. The lowest BCUT2D eigenvalue weighted by Crippen LogP contribution is -2.42. The third-order valence-electron chi connectivity index (χ3n) is 3.86. The number of rotatable bonds is 6. The number of amides is 2. The molecule has 7 nitrogen and oxygen atoms in total. The highest BCUT2D eigenvalue weighted by Gasteiger charge is 2.21. The van der Waals surface area contributed by atoms with Crippen LogP contribution in [0, 0.1) is 6.92 Å². The fraction of sp³-hybridized carbons (Fsp3) is 0.263. The summed E-state index contributed by atoms with van der Waals surface area (Å²) in [5.41, 5.74) is 6.46. The lowest BCUT2D eigenvalue weighted by atomic mass is 10.1.